The molecule has 1 fully saturated rings. The molecule has 0 N–H and O–H groups in total. The van der Waals surface area contributed by atoms with Crippen LogP contribution in [0, 0.1) is 16.7 Å². The third kappa shape index (κ3) is 3.59. The van der Waals surface area contributed by atoms with Gasteiger partial charge < -0.3 is 0 Å². The van der Waals surface area contributed by atoms with Crippen molar-refractivity contribution in [2.24, 2.45) is 5.41 Å². The van der Waals surface area contributed by atoms with Crippen LogP contribution < -0.4 is 0 Å². The summed E-state index contributed by atoms with van der Waals surface area (Å²) in [5.74, 6) is 0.139. The Hall–Kier alpha value is -1.38. The molecule has 1 saturated heterocycles. The summed E-state index contributed by atoms with van der Waals surface area (Å²) < 4.78 is 26.1. The van der Waals surface area contributed by atoms with Crippen LogP contribution in [0.1, 0.15) is 25.3 Å². The molecule has 0 aromatic heterocycles. The quantitative estimate of drug-likeness (QED) is 0.854. The van der Waals surface area contributed by atoms with Gasteiger partial charge in [0.15, 0.2) is 0 Å². The minimum absolute atomic E-state index is 0.139. The van der Waals surface area contributed by atoms with Crippen LogP contribution in [0.4, 0.5) is 0 Å². The topological polar surface area (TPSA) is 61.2 Å². The molecule has 0 atom stereocenters. The Bertz CT molecular complexity index is 582. The highest BCUT2D eigenvalue weighted by Crippen LogP contribution is 2.31. The van der Waals surface area contributed by atoms with Crippen molar-refractivity contribution in [3.8, 4) is 6.07 Å². The second kappa shape index (κ2) is 5.94. The van der Waals surface area contributed by atoms with Gasteiger partial charge in [0, 0.05) is 13.1 Å². The third-order valence-electron chi connectivity index (χ3n) is 3.98. The van der Waals surface area contributed by atoms with Gasteiger partial charge in [0.05, 0.1) is 17.2 Å². The van der Waals surface area contributed by atoms with Gasteiger partial charge >= 0.3 is 0 Å². The van der Waals surface area contributed by atoms with Crippen LogP contribution in [0.25, 0.3) is 0 Å². The Morgan fingerprint density at radius 3 is 2.40 bits per heavy atom. The zero-order valence-corrected chi connectivity index (χ0v) is 12.6. The Morgan fingerprint density at radius 1 is 1.25 bits per heavy atom. The van der Waals surface area contributed by atoms with E-state index in [-0.39, 0.29) is 11.2 Å². The fourth-order valence-electron chi connectivity index (χ4n) is 2.39. The van der Waals surface area contributed by atoms with Crippen LogP contribution in [0.3, 0.4) is 0 Å². The number of piperidine rings is 1. The predicted octanol–water partition coefficient (Wildman–Crippen LogP) is 2.18. The number of hydrogen-bond acceptors (Lipinski definition) is 3. The smallest absolute Gasteiger partial charge is 0.212 e. The molecule has 0 amide bonds. The second-order valence-electron chi connectivity index (χ2n) is 5.62. The number of hydrogen-bond donors (Lipinski definition) is 0. The molecule has 1 aliphatic heterocycles. The van der Waals surface area contributed by atoms with Crippen molar-refractivity contribution in [1.29, 1.82) is 5.26 Å². The van der Waals surface area contributed by atoms with E-state index < -0.39 is 10.0 Å². The lowest BCUT2D eigenvalue weighted by atomic mass is 9.83. The number of benzene rings is 1. The maximum absolute atomic E-state index is 12.3. The van der Waals surface area contributed by atoms with Crippen molar-refractivity contribution in [1.82, 2.24) is 4.31 Å². The van der Waals surface area contributed by atoms with Crippen LogP contribution in [0.5, 0.6) is 0 Å². The maximum Gasteiger partial charge on any atom is 0.214 e. The average Bonchev–Trinajstić information content (AvgIpc) is 2.47. The van der Waals surface area contributed by atoms with E-state index in [9.17, 15) is 8.42 Å². The Balaban J connectivity index is 1.94. The molecule has 0 radical (unpaired) electrons. The minimum atomic E-state index is -3.22. The van der Waals surface area contributed by atoms with Gasteiger partial charge in [-0.2, -0.15) is 5.26 Å². The summed E-state index contributed by atoms with van der Waals surface area (Å²) >= 11 is 0. The first-order chi connectivity index (χ1) is 9.45. The van der Waals surface area contributed by atoms with Crippen molar-refractivity contribution in [2.45, 2.75) is 26.2 Å². The fraction of sp³-hybridized carbons (Fsp3) is 0.533. The van der Waals surface area contributed by atoms with E-state index >= 15 is 0 Å². The van der Waals surface area contributed by atoms with Crippen molar-refractivity contribution in [3.05, 3.63) is 35.9 Å². The lowest BCUT2D eigenvalue weighted by Gasteiger charge is -2.34. The summed E-state index contributed by atoms with van der Waals surface area (Å²) in [7, 11) is -3.22. The lowest BCUT2D eigenvalue weighted by Crippen LogP contribution is -2.42. The van der Waals surface area contributed by atoms with Gasteiger partial charge in [0.1, 0.15) is 0 Å². The molecule has 1 aliphatic rings. The lowest BCUT2D eigenvalue weighted by molar-refractivity contribution is 0.232. The van der Waals surface area contributed by atoms with Gasteiger partial charge in [-0.05, 0) is 31.7 Å². The zero-order valence-electron chi connectivity index (χ0n) is 11.7. The van der Waals surface area contributed by atoms with Gasteiger partial charge in [0.25, 0.3) is 0 Å². The number of aryl methyl sites for hydroxylation is 1. The summed E-state index contributed by atoms with van der Waals surface area (Å²) in [6.07, 6.45) is 1.78. The van der Waals surface area contributed by atoms with Crippen molar-refractivity contribution in [3.63, 3.8) is 0 Å². The minimum Gasteiger partial charge on any atom is -0.212 e. The molecule has 20 heavy (non-hydrogen) atoms. The molecule has 1 aromatic carbocycles. The van der Waals surface area contributed by atoms with E-state index in [0.717, 1.165) is 5.56 Å². The molecule has 4 nitrogen and oxygen atoms in total. The molecule has 0 aliphatic carbocycles. The summed E-state index contributed by atoms with van der Waals surface area (Å²) in [5.41, 5.74) is 0.667. The molecule has 0 spiro atoms. The van der Waals surface area contributed by atoms with Crippen molar-refractivity contribution in [2.75, 3.05) is 18.8 Å². The van der Waals surface area contributed by atoms with Crippen LogP contribution >= 0.6 is 0 Å². The summed E-state index contributed by atoms with van der Waals surface area (Å²) in [4.78, 5) is 0. The highest BCUT2D eigenvalue weighted by Gasteiger charge is 2.34. The summed E-state index contributed by atoms with van der Waals surface area (Å²) in [5, 5.41) is 9.07. The molecule has 0 saturated carbocycles. The Labute approximate surface area is 121 Å². The zero-order chi connectivity index (χ0) is 14.6. The molecule has 5 heteroatoms. The Morgan fingerprint density at radius 2 is 1.85 bits per heavy atom. The molecule has 1 aromatic rings. The number of sulfonamides is 1. The van der Waals surface area contributed by atoms with E-state index in [2.05, 4.69) is 6.07 Å². The van der Waals surface area contributed by atoms with Gasteiger partial charge in [-0.1, -0.05) is 30.3 Å². The van der Waals surface area contributed by atoms with Crippen molar-refractivity contribution >= 4 is 10.0 Å². The van der Waals surface area contributed by atoms with Gasteiger partial charge in [0.2, 0.25) is 10.0 Å². The first-order valence-electron chi connectivity index (χ1n) is 6.88. The average molecular weight is 292 g/mol. The van der Waals surface area contributed by atoms with Crippen LogP contribution in [0.2, 0.25) is 0 Å². The fourth-order valence-corrected chi connectivity index (χ4v) is 3.88. The monoisotopic (exact) mass is 292 g/mol. The highest BCUT2D eigenvalue weighted by atomic mass is 32.2. The predicted molar refractivity (Wildman–Crippen MR) is 78.5 cm³/mol. The van der Waals surface area contributed by atoms with E-state index in [1.807, 2.05) is 37.3 Å². The highest BCUT2D eigenvalue weighted by molar-refractivity contribution is 7.89. The largest absolute Gasteiger partial charge is 0.214 e. The number of rotatable bonds is 4. The number of nitriles is 1. The molecular weight excluding hydrogens is 272 g/mol. The van der Waals surface area contributed by atoms with Gasteiger partial charge in [-0.15, -0.1) is 0 Å². The van der Waals surface area contributed by atoms with Crippen LogP contribution in [-0.4, -0.2) is 31.6 Å². The first kappa shape index (κ1) is 15.0. The van der Waals surface area contributed by atoms with E-state index in [1.54, 1.807) is 0 Å². The second-order valence-corrected chi connectivity index (χ2v) is 7.71. The van der Waals surface area contributed by atoms with E-state index in [1.165, 1.54) is 4.31 Å². The summed E-state index contributed by atoms with van der Waals surface area (Å²) in [6.45, 7) is 2.82. The molecule has 2 rings (SSSR count). The third-order valence-corrected chi connectivity index (χ3v) is 5.85. The molecule has 108 valence electrons. The standard InChI is InChI=1S/C15H20N2O2S/c1-15(13-16)8-10-17(11-9-15)20(18,19)12-7-14-5-3-2-4-6-14/h2-6H,7-12H2,1H3. The van der Waals surface area contributed by atoms with Gasteiger partial charge in [-0.3, -0.25) is 0 Å². The number of nitrogens with zero attached hydrogens (tertiary/aromatic N) is 2. The molecule has 1 heterocycles. The van der Waals surface area contributed by atoms with Gasteiger partial charge in [-0.25, -0.2) is 12.7 Å². The SMILES string of the molecule is CC1(C#N)CCN(S(=O)(=O)CCc2ccccc2)CC1. The molecular formula is C15H20N2O2S. The summed E-state index contributed by atoms with van der Waals surface area (Å²) in [6, 6.07) is 11.9. The van der Waals surface area contributed by atoms with Crippen LogP contribution in [0.15, 0.2) is 30.3 Å². The van der Waals surface area contributed by atoms with E-state index in [4.69, 9.17) is 5.26 Å². The van der Waals surface area contributed by atoms with Crippen LogP contribution in [-0.2, 0) is 16.4 Å². The molecule has 0 unspecified atom stereocenters. The first-order valence-corrected chi connectivity index (χ1v) is 8.49. The van der Waals surface area contributed by atoms with Crippen molar-refractivity contribution < 1.29 is 8.42 Å². The maximum atomic E-state index is 12.3. The van der Waals surface area contributed by atoms with E-state index in [0.29, 0.717) is 32.4 Å². The normalized spacial score (nSPS) is 19.4. The molecule has 0 bridgehead atoms. The Kier molecular flexibility index (Phi) is 4.46.